The molecule has 2 aliphatic rings. The van der Waals surface area contributed by atoms with E-state index in [1.807, 2.05) is 26.8 Å². The van der Waals surface area contributed by atoms with Crippen LogP contribution in [0.5, 0.6) is 0 Å². The van der Waals surface area contributed by atoms with Crippen molar-refractivity contribution in [3.63, 3.8) is 0 Å². The van der Waals surface area contributed by atoms with Crippen molar-refractivity contribution in [1.82, 2.24) is 4.90 Å². The standard InChI is InChI=1S/C19H26ClNO2/c1-11(2)23-19(22)18-15(10-14-6-8-17(18)21(14)4)13-5-7-16(20)12(3)9-13/h5,7,9,11,14-15,17-18H,6,8,10H2,1-4H3/t14-,15?,17?,18+/m1/s1. The van der Waals surface area contributed by atoms with Crippen LogP contribution in [0.3, 0.4) is 0 Å². The van der Waals surface area contributed by atoms with Crippen molar-refractivity contribution in [3.05, 3.63) is 34.3 Å². The molecule has 2 fully saturated rings. The molecule has 2 unspecified atom stereocenters. The average molecular weight is 336 g/mol. The molecule has 0 amide bonds. The number of fused-ring (bicyclic) bond motifs is 2. The molecular formula is C19H26ClNO2. The van der Waals surface area contributed by atoms with Crippen LogP contribution in [0, 0.1) is 12.8 Å². The van der Waals surface area contributed by atoms with Crippen LogP contribution in [0.15, 0.2) is 18.2 Å². The summed E-state index contributed by atoms with van der Waals surface area (Å²) in [5.41, 5.74) is 2.30. The second-order valence-corrected chi connectivity index (χ2v) is 7.73. The monoisotopic (exact) mass is 335 g/mol. The second kappa shape index (κ2) is 6.45. The minimum atomic E-state index is -0.0817. The first-order chi connectivity index (χ1) is 10.9. The molecule has 0 aromatic heterocycles. The van der Waals surface area contributed by atoms with Gasteiger partial charge < -0.3 is 4.74 Å². The van der Waals surface area contributed by atoms with Gasteiger partial charge in [-0.1, -0.05) is 23.7 Å². The molecule has 2 bridgehead atoms. The van der Waals surface area contributed by atoms with Crippen LogP contribution in [0.4, 0.5) is 0 Å². The zero-order valence-electron chi connectivity index (χ0n) is 14.4. The lowest BCUT2D eigenvalue weighted by atomic mass is 9.76. The summed E-state index contributed by atoms with van der Waals surface area (Å²) in [4.78, 5) is 15.2. The number of benzene rings is 1. The van der Waals surface area contributed by atoms with Crippen molar-refractivity contribution in [2.45, 2.75) is 64.1 Å². The molecule has 2 saturated heterocycles. The number of ether oxygens (including phenoxy) is 1. The number of aryl methyl sites for hydroxylation is 1. The predicted molar refractivity (Wildman–Crippen MR) is 92.8 cm³/mol. The van der Waals surface area contributed by atoms with E-state index in [9.17, 15) is 4.79 Å². The highest BCUT2D eigenvalue weighted by molar-refractivity contribution is 6.31. The quantitative estimate of drug-likeness (QED) is 0.776. The number of halogens is 1. The number of carbonyl (C=O) groups is 1. The number of hydrogen-bond acceptors (Lipinski definition) is 3. The summed E-state index contributed by atoms with van der Waals surface area (Å²) in [7, 11) is 2.15. The Bertz CT molecular complexity index is 601. The van der Waals surface area contributed by atoms with E-state index in [4.69, 9.17) is 16.3 Å². The molecule has 23 heavy (non-hydrogen) atoms. The van der Waals surface area contributed by atoms with Crippen molar-refractivity contribution >= 4 is 17.6 Å². The van der Waals surface area contributed by atoms with Gasteiger partial charge in [-0.25, -0.2) is 0 Å². The summed E-state index contributed by atoms with van der Waals surface area (Å²) < 4.78 is 5.60. The third kappa shape index (κ3) is 3.14. The lowest BCUT2D eigenvalue weighted by Gasteiger charge is -2.42. The van der Waals surface area contributed by atoms with Crippen molar-refractivity contribution in [3.8, 4) is 0 Å². The van der Waals surface area contributed by atoms with Crippen LogP contribution < -0.4 is 0 Å². The van der Waals surface area contributed by atoms with E-state index in [0.717, 1.165) is 23.4 Å². The highest BCUT2D eigenvalue weighted by Crippen LogP contribution is 2.47. The smallest absolute Gasteiger partial charge is 0.311 e. The van der Waals surface area contributed by atoms with Crippen LogP contribution in [-0.4, -0.2) is 36.1 Å². The zero-order chi connectivity index (χ0) is 16.7. The van der Waals surface area contributed by atoms with Gasteiger partial charge in [-0.2, -0.15) is 0 Å². The molecule has 0 radical (unpaired) electrons. The average Bonchev–Trinajstić information content (AvgIpc) is 2.72. The van der Waals surface area contributed by atoms with E-state index < -0.39 is 0 Å². The summed E-state index contributed by atoms with van der Waals surface area (Å²) in [6.45, 7) is 5.86. The molecule has 0 spiro atoms. The van der Waals surface area contributed by atoms with Crippen LogP contribution in [0.1, 0.15) is 50.2 Å². The molecule has 4 heteroatoms. The number of esters is 1. The van der Waals surface area contributed by atoms with Crippen LogP contribution in [0.25, 0.3) is 0 Å². The summed E-state index contributed by atoms with van der Waals surface area (Å²) in [5, 5.41) is 0.783. The van der Waals surface area contributed by atoms with E-state index in [0.29, 0.717) is 12.1 Å². The van der Waals surface area contributed by atoms with Crippen molar-refractivity contribution in [2.24, 2.45) is 5.92 Å². The van der Waals surface area contributed by atoms with Gasteiger partial charge in [0.1, 0.15) is 0 Å². The Morgan fingerprint density at radius 1 is 1.35 bits per heavy atom. The largest absolute Gasteiger partial charge is 0.463 e. The van der Waals surface area contributed by atoms with Gasteiger partial charge in [-0.05, 0) is 64.3 Å². The molecule has 3 nitrogen and oxygen atoms in total. The lowest BCUT2D eigenvalue weighted by Crippen LogP contribution is -2.49. The van der Waals surface area contributed by atoms with Crippen molar-refractivity contribution in [2.75, 3.05) is 7.05 Å². The Kier molecular flexibility index (Phi) is 4.70. The van der Waals surface area contributed by atoms with Gasteiger partial charge in [0.25, 0.3) is 0 Å². The van der Waals surface area contributed by atoms with Crippen LogP contribution in [-0.2, 0) is 9.53 Å². The molecule has 126 valence electrons. The van der Waals surface area contributed by atoms with Crippen LogP contribution in [0.2, 0.25) is 5.02 Å². The second-order valence-electron chi connectivity index (χ2n) is 7.33. The Hall–Kier alpha value is -1.06. The molecule has 1 aromatic rings. The van der Waals surface area contributed by atoms with Gasteiger partial charge >= 0.3 is 5.97 Å². The summed E-state index contributed by atoms with van der Waals surface area (Å²) in [5.74, 6) is 0.0995. The molecule has 0 aliphatic carbocycles. The molecule has 2 aliphatic heterocycles. The van der Waals surface area contributed by atoms with Gasteiger partial charge in [-0.15, -0.1) is 0 Å². The van der Waals surface area contributed by atoms with E-state index in [1.165, 1.54) is 12.0 Å². The Morgan fingerprint density at radius 3 is 2.74 bits per heavy atom. The topological polar surface area (TPSA) is 29.5 Å². The molecule has 2 heterocycles. The molecule has 3 rings (SSSR count). The first-order valence-electron chi connectivity index (χ1n) is 8.57. The maximum atomic E-state index is 12.8. The number of carbonyl (C=O) groups excluding carboxylic acids is 1. The highest BCUT2D eigenvalue weighted by atomic mass is 35.5. The number of rotatable bonds is 3. The lowest BCUT2D eigenvalue weighted by molar-refractivity contribution is -0.157. The van der Waals surface area contributed by atoms with E-state index >= 15 is 0 Å². The maximum absolute atomic E-state index is 12.8. The fourth-order valence-corrected chi connectivity index (χ4v) is 4.46. The molecule has 4 atom stereocenters. The summed E-state index contributed by atoms with van der Waals surface area (Å²) in [6.07, 6.45) is 3.21. The van der Waals surface area contributed by atoms with Gasteiger partial charge in [0.15, 0.2) is 0 Å². The van der Waals surface area contributed by atoms with Crippen molar-refractivity contribution in [1.29, 1.82) is 0 Å². The first kappa shape index (κ1) is 16.8. The van der Waals surface area contributed by atoms with E-state index in [-0.39, 0.29) is 23.9 Å². The summed E-state index contributed by atoms with van der Waals surface area (Å²) in [6, 6.07) is 7.05. The van der Waals surface area contributed by atoms with Gasteiger partial charge in [0.2, 0.25) is 0 Å². The van der Waals surface area contributed by atoms with Gasteiger partial charge in [0.05, 0.1) is 12.0 Å². The minimum Gasteiger partial charge on any atom is -0.463 e. The van der Waals surface area contributed by atoms with Crippen LogP contribution >= 0.6 is 11.6 Å². The third-order valence-corrected chi connectivity index (χ3v) is 5.93. The number of piperidine rings is 1. The molecule has 0 N–H and O–H groups in total. The number of nitrogens with zero attached hydrogens (tertiary/aromatic N) is 1. The zero-order valence-corrected chi connectivity index (χ0v) is 15.1. The Morgan fingerprint density at radius 2 is 2.09 bits per heavy atom. The number of hydrogen-bond donors (Lipinski definition) is 0. The van der Waals surface area contributed by atoms with Gasteiger partial charge in [-0.3, -0.25) is 9.69 Å². The molecular weight excluding hydrogens is 310 g/mol. The van der Waals surface area contributed by atoms with E-state index in [1.54, 1.807) is 0 Å². The summed E-state index contributed by atoms with van der Waals surface area (Å²) >= 11 is 6.18. The predicted octanol–water partition coefficient (Wildman–Crippen LogP) is 4.17. The minimum absolute atomic E-state index is 0.0465. The molecule has 0 saturated carbocycles. The fourth-order valence-electron chi connectivity index (χ4n) is 4.34. The normalized spacial score (nSPS) is 30.7. The van der Waals surface area contributed by atoms with Gasteiger partial charge in [0, 0.05) is 23.0 Å². The Balaban J connectivity index is 1.95. The van der Waals surface area contributed by atoms with E-state index in [2.05, 4.69) is 24.1 Å². The SMILES string of the molecule is Cc1cc(C2C[C@H]3CCC([C@H]2C(=O)OC(C)C)N3C)ccc1Cl. The Labute approximate surface area is 144 Å². The maximum Gasteiger partial charge on any atom is 0.311 e. The van der Waals surface area contributed by atoms with Crippen molar-refractivity contribution < 1.29 is 9.53 Å². The third-order valence-electron chi connectivity index (χ3n) is 5.50. The fraction of sp³-hybridized carbons (Fsp3) is 0.632. The highest BCUT2D eigenvalue weighted by Gasteiger charge is 2.49. The molecule has 1 aromatic carbocycles. The first-order valence-corrected chi connectivity index (χ1v) is 8.94.